The standard InChI is InChI=1S/C17H25BO3/c1-16(2)17(3,4)21-18(20-16)15-10-14(15)12-19-11-13-8-6-5-7-9-13/h5-9,14-15H,10-12H2,1-4H3. The Hall–Kier alpha value is -0.835. The zero-order chi connectivity index (χ0) is 15.1. The summed E-state index contributed by atoms with van der Waals surface area (Å²) in [6.07, 6.45) is 1.14. The third kappa shape index (κ3) is 3.18. The molecule has 21 heavy (non-hydrogen) atoms. The monoisotopic (exact) mass is 288 g/mol. The Morgan fingerprint density at radius 1 is 1.10 bits per heavy atom. The summed E-state index contributed by atoms with van der Waals surface area (Å²) in [6.45, 7) is 9.91. The Balaban J connectivity index is 1.43. The van der Waals surface area contributed by atoms with Gasteiger partial charge in [-0.25, -0.2) is 0 Å². The van der Waals surface area contributed by atoms with Crippen molar-refractivity contribution in [3.63, 3.8) is 0 Å². The molecular formula is C17H25BO3. The third-order valence-corrected chi connectivity index (χ3v) is 5.04. The zero-order valence-electron chi connectivity index (χ0n) is 13.5. The lowest BCUT2D eigenvalue weighted by atomic mass is 9.81. The second-order valence-corrected chi connectivity index (χ2v) is 7.29. The molecule has 2 atom stereocenters. The van der Waals surface area contributed by atoms with Crippen molar-refractivity contribution in [1.29, 1.82) is 0 Å². The van der Waals surface area contributed by atoms with E-state index in [1.807, 2.05) is 18.2 Å². The van der Waals surface area contributed by atoms with E-state index >= 15 is 0 Å². The van der Waals surface area contributed by atoms with Gasteiger partial charge in [-0.3, -0.25) is 0 Å². The lowest BCUT2D eigenvalue weighted by Crippen LogP contribution is -2.41. The van der Waals surface area contributed by atoms with Gasteiger partial charge in [-0.05, 0) is 51.4 Å². The van der Waals surface area contributed by atoms with Crippen molar-refractivity contribution in [2.24, 2.45) is 5.92 Å². The van der Waals surface area contributed by atoms with Crippen LogP contribution >= 0.6 is 0 Å². The third-order valence-electron chi connectivity index (χ3n) is 5.04. The van der Waals surface area contributed by atoms with Crippen molar-refractivity contribution in [2.45, 2.75) is 57.7 Å². The molecule has 114 valence electrons. The van der Waals surface area contributed by atoms with Crippen LogP contribution in [0.25, 0.3) is 0 Å². The molecule has 1 saturated carbocycles. The summed E-state index contributed by atoms with van der Waals surface area (Å²) >= 11 is 0. The Labute approximate surface area is 128 Å². The van der Waals surface area contributed by atoms with Gasteiger partial charge in [0.15, 0.2) is 0 Å². The van der Waals surface area contributed by atoms with Crippen LogP contribution in [0.3, 0.4) is 0 Å². The van der Waals surface area contributed by atoms with Crippen LogP contribution in [-0.4, -0.2) is 24.9 Å². The average molecular weight is 288 g/mol. The first-order valence-corrected chi connectivity index (χ1v) is 7.86. The van der Waals surface area contributed by atoms with Gasteiger partial charge in [-0.15, -0.1) is 0 Å². The highest BCUT2D eigenvalue weighted by Gasteiger charge is 2.59. The molecule has 1 aromatic rings. The van der Waals surface area contributed by atoms with Gasteiger partial charge >= 0.3 is 7.12 Å². The number of hydrogen-bond donors (Lipinski definition) is 0. The van der Waals surface area contributed by atoms with Crippen molar-refractivity contribution < 1.29 is 14.0 Å². The van der Waals surface area contributed by atoms with Crippen molar-refractivity contribution in [1.82, 2.24) is 0 Å². The Kier molecular flexibility index (Phi) is 3.89. The van der Waals surface area contributed by atoms with E-state index in [1.54, 1.807) is 0 Å². The van der Waals surface area contributed by atoms with Crippen LogP contribution in [0.5, 0.6) is 0 Å². The van der Waals surface area contributed by atoms with Gasteiger partial charge < -0.3 is 14.0 Å². The lowest BCUT2D eigenvalue weighted by Gasteiger charge is -2.32. The highest BCUT2D eigenvalue weighted by Crippen LogP contribution is 2.53. The van der Waals surface area contributed by atoms with E-state index in [0.29, 0.717) is 18.3 Å². The molecule has 0 aromatic heterocycles. The molecule has 0 amide bonds. The maximum atomic E-state index is 6.11. The van der Waals surface area contributed by atoms with E-state index in [4.69, 9.17) is 14.0 Å². The Morgan fingerprint density at radius 3 is 2.33 bits per heavy atom. The summed E-state index contributed by atoms with van der Waals surface area (Å²) < 4.78 is 18.0. The maximum absolute atomic E-state index is 6.11. The molecule has 0 N–H and O–H groups in total. The van der Waals surface area contributed by atoms with Gasteiger partial charge in [0.2, 0.25) is 0 Å². The molecule has 2 unspecified atom stereocenters. The van der Waals surface area contributed by atoms with E-state index in [2.05, 4.69) is 39.8 Å². The highest BCUT2D eigenvalue weighted by atomic mass is 16.7. The fourth-order valence-corrected chi connectivity index (χ4v) is 2.76. The van der Waals surface area contributed by atoms with E-state index in [-0.39, 0.29) is 18.3 Å². The Morgan fingerprint density at radius 2 is 1.71 bits per heavy atom. The van der Waals surface area contributed by atoms with E-state index in [1.165, 1.54) is 5.56 Å². The molecule has 2 aliphatic rings. The van der Waals surface area contributed by atoms with Crippen molar-refractivity contribution in [2.75, 3.05) is 6.61 Å². The molecule has 0 bridgehead atoms. The molecule has 2 fully saturated rings. The largest absolute Gasteiger partial charge is 0.461 e. The van der Waals surface area contributed by atoms with E-state index < -0.39 is 0 Å². The fourth-order valence-electron chi connectivity index (χ4n) is 2.76. The average Bonchev–Trinajstić information content (AvgIpc) is 3.13. The minimum atomic E-state index is -0.226. The second-order valence-electron chi connectivity index (χ2n) is 7.29. The molecule has 1 aromatic carbocycles. The maximum Gasteiger partial charge on any atom is 0.461 e. The summed E-state index contributed by atoms with van der Waals surface area (Å²) in [4.78, 5) is 0. The summed E-state index contributed by atoms with van der Waals surface area (Å²) in [5.41, 5.74) is 0.774. The zero-order valence-corrected chi connectivity index (χ0v) is 13.5. The molecule has 1 heterocycles. The SMILES string of the molecule is CC1(C)OB(C2CC2COCc2ccccc2)OC1(C)C. The molecule has 1 saturated heterocycles. The van der Waals surface area contributed by atoms with Crippen molar-refractivity contribution >= 4 is 7.12 Å². The predicted octanol–water partition coefficient (Wildman–Crippen LogP) is 3.69. The highest BCUT2D eigenvalue weighted by molar-refractivity contribution is 6.48. The number of ether oxygens (including phenoxy) is 1. The van der Waals surface area contributed by atoms with Crippen LogP contribution in [0, 0.1) is 5.92 Å². The van der Waals surface area contributed by atoms with Crippen molar-refractivity contribution in [3.8, 4) is 0 Å². The summed E-state index contributed by atoms with van der Waals surface area (Å²) in [7, 11) is -0.0691. The first kappa shape index (κ1) is 15.1. The van der Waals surface area contributed by atoms with Gasteiger partial charge in [0.05, 0.1) is 17.8 Å². The molecule has 3 nitrogen and oxygen atoms in total. The minimum absolute atomic E-state index is 0.0691. The number of rotatable bonds is 5. The summed E-state index contributed by atoms with van der Waals surface area (Å²) in [6, 6.07) is 10.3. The molecule has 3 rings (SSSR count). The molecule has 1 aliphatic carbocycles. The van der Waals surface area contributed by atoms with Crippen LogP contribution in [0.15, 0.2) is 30.3 Å². The normalized spacial score (nSPS) is 29.6. The van der Waals surface area contributed by atoms with E-state index in [0.717, 1.165) is 13.0 Å². The van der Waals surface area contributed by atoms with Gasteiger partial charge in [0.1, 0.15) is 0 Å². The minimum Gasteiger partial charge on any atom is -0.403 e. The molecule has 4 heteroatoms. The quantitative estimate of drug-likeness (QED) is 0.773. The first-order valence-electron chi connectivity index (χ1n) is 7.86. The van der Waals surface area contributed by atoms with Gasteiger partial charge in [0.25, 0.3) is 0 Å². The van der Waals surface area contributed by atoms with Gasteiger partial charge in [0, 0.05) is 6.61 Å². The predicted molar refractivity (Wildman–Crippen MR) is 84.0 cm³/mol. The van der Waals surface area contributed by atoms with Crippen LogP contribution in [0.1, 0.15) is 39.7 Å². The topological polar surface area (TPSA) is 27.7 Å². The molecular weight excluding hydrogens is 263 g/mol. The smallest absolute Gasteiger partial charge is 0.403 e. The van der Waals surface area contributed by atoms with E-state index in [9.17, 15) is 0 Å². The van der Waals surface area contributed by atoms with Crippen LogP contribution in [0.4, 0.5) is 0 Å². The van der Waals surface area contributed by atoms with Gasteiger partial charge in [-0.1, -0.05) is 30.3 Å². The number of benzene rings is 1. The van der Waals surface area contributed by atoms with Gasteiger partial charge in [-0.2, -0.15) is 0 Å². The molecule has 1 aliphatic heterocycles. The lowest BCUT2D eigenvalue weighted by molar-refractivity contribution is 0.00578. The first-order chi connectivity index (χ1) is 9.89. The van der Waals surface area contributed by atoms with Crippen LogP contribution in [-0.2, 0) is 20.7 Å². The molecule has 0 radical (unpaired) electrons. The molecule has 0 spiro atoms. The van der Waals surface area contributed by atoms with Crippen LogP contribution < -0.4 is 0 Å². The summed E-state index contributed by atoms with van der Waals surface area (Å²) in [5.74, 6) is 1.06. The second kappa shape index (κ2) is 5.42. The van der Waals surface area contributed by atoms with Crippen LogP contribution in [0.2, 0.25) is 5.82 Å². The fraction of sp³-hybridized carbons (Fsp3) is 0.647. The van der Waals surface area contributed by atoms with Crippen molar-refractivity contribution in [3.05, 3.63) is 35.9 Å². The summed E-state index contributed by atoms with van der Waals surface area (Å²) in [5, 5.41) is 0. The Bertz CT molecular complexity index is 470. The number of hydrogen-bond acceptors (Lipinski definition) is 3.